The molecule has 56 heavy (non-hydrogen) atoms. The molecular weight excluding hydrogens is 749 g/mol. The van der Waals surface area contributed by atoms with Gasteiger partial charge in [0.1, 0.15) is 34.9 Å². The van der Waals surface area contributed by atoms with Crippen LogP contribution >= 0.6 is 23.1 Å². The highest BCUT2D eigenvalue weighted by molar-refractivity contribution is 8.00. The number of nitrogens with one attached hydrogen (secondary N) is 2. The van der Waals surface area contributed by atoms with Gasteiger partial charge < -0.3 is 29.8 Å². The van der Waals surface area contributed by atoms with Crippen LogP contribution in [0.15, 0.2) is 113 Å². The van der Waals surface area contributed by atoms with Gasteiger partial charge in [-0.1, -0.05) is 96.2 Å². The molecule has 0 radical (unpaired) electrons. The van der Waals surface area contributed by atoms with Crippen LogP contribution in [0.25, 0.3) is 0 Å². The number of hydrogen-bond acceptors (Lipinski definition) is 10. The molecule has 3 fully saturated rings. The van der Waals surface area contributed by atoms with E-state index in [0.29, 0.717) is 30.5 Å². The zero-order valence-corrected chi connectivity index (χ0v) is 32.8. The van der Waals surface area contributed by atoms with Crippen LogP contribution in [0.5, 0.6) is 0 Å². The van der Waals surface area contributed by atoms with Gasteiger partial charge in [0.15, 0.2) is 10.8 Å². The molecule has 0 aliphatic carbocycles. The Hall–Kier alpha value is -5.02. The molecule has 1 aromatic heterocycles. The number of anilines is 1. The first-order valence-electron chi connectivity index (χ1n) is 19.1. The summed E-state index contributed by atoms with van der Waals surface area (Å²) in [5.41, 5.74) is 3.06. The maximum Gasteiger partial charge on any atom is 0.352 e. The minimum absolute atomic E-state index is 0.0381. The lowest BCUT2D eigenvalue weighted by atomic mass is 9.77. The summed E-state index contributed by atoms with van der Waals surface area (Å²) in [6.07, 6.45) is 4.01. The number of hydrogen-bond donors (Lipinski definition) is 3. The quantitative estimate of drug-likeness (QED) is 0.0506. The number of nitrogens with zero attached hydrogens (tertiary/aromatic N) is 4. The van der Waals surface area contributed by atoms with E-state index in [-0.39, 0.29) is 17.1 Å². The van der Waals surface area contributed by atoms with Gasteiger partial charge in [-0.3, -0.25) is 14.5 Å². The van der Waals surface area contributed by atoms with Gasteiger partial charge in [0.05, 0.1) is 26.7 Å². The normalized spacial score (nSPS) is 22.2. The predicted molar refractivity (Wildman–Crippen MR) is 216 cm³/mol. The number of likely N-dealkylation sites (N-methyl/N-ethyl adjacent to an activating group) is 1. The first-order valence-corrected chi connectivity index (χ1v) is 21.0. The van der Waals surface area contributed by atoms with Gasteiger partial charge in [-0.2, -0.15) is 0 Å². The van der Waals surface area contributed by atoms with Gasteiger partial charge in [-0.05, 0) is 29.5 Å². The minimum atomic E-state index is -1.13. The summed E-state index contributed by atoms with van der Waals surface area (Å²) in [4.78, 5) is 52.6. The molecule has 4 aliphatic rings. The number of benzene rings is 3. The van der Waals surface area contributed by atoms with Gasteiger partial charge in [-0.15, -0.1) is 23.1 Å². The molecule has 4 aromatic rings. The zero-order valence-electron chi connectivity index (χ0n) is 31.1. The fraction of sp³-hybridized carbons (Fsp3) is 0.357. The molecule has 12 nitrogen and oxygen atoms in total. The molecule has 3 aromatic carbocycles. The predicted octanol–water partition coefficient (Wildman–Crippen LogP) is 5.77. The highest BCUT2D eigenvalue weighted by Crippen LogP contribution is 2.42. The van der Waals surface area contributed by atoms with Crippen molar-refractivity contribution in [2.75, 3.05) is 44.4 Å². The first-order chi connectivity index (χ1) is 27.3. The lowest BCUT2D eigenvalue weighted by molar-refractivity contribution is -0.893. The van der Waals surface area contributed by atoms with E-state index in [2.05, 4.69) is 59.2 Å². The number of carbonyl (C=O) groups excluding carboxylic acids is 2. The van der Waals surface area contributed by atoms with Gasteiger partial charge in [0, 0.05) is 36.0 Å². The molecule has 3 atom stereocenters. The van der Waals surface area contributed by atoms with Crippen molar-refractivity contribution < 1.29 is 33.5 Å². The number of β-lactam (4-membered cyclic amide) rings is 1. The summed E-state index contributed by atoms with van der Waals surface area (Å²) in [6, 6.07) is 29.5. The summed E-state index contributed by atoms with van der Waals surface area (Å²) in [5.74, 6) is -1.78. The molecule has 0 spiro atoms. The van der Waals surface area contributed by atoms with Gasteiger partial charge in [-0.25, -0.2) is 9.78 Å². The van der Waals surface area contributed by atoms with Crippen LogP contribution in [0, 0.1) is 0 Å². The standard InChI is InChI=1S/C42H44N6O6S2/c1-48(22-12-13-23-48)25-28-26-55-39-35(38(50)47(39)36(28)40(51)52)44-37(49)34(46-54-33-21-11-14-24-53-33)32-27-56-41(43-32)45-42(29-15-5-2-6-16-29,30-17-7-3-8-18-30)31-19-9-4-10-20-31/h2-10,15-20,27,33,35,39H,11-14,21-26H2,1H3,(H2-,43,44,45,49,51,52)/p+1/t33?,35?,39-/m1/s1. The Labute approximate surface area is 334 Å². The van der Waals surface area contributed by atoms with Crippen molar-refractivity contribution in [3.8, 4) is 0 Å². The Balaban J connectivity index is 1.09. The number of carboxylic acids is 1. The maximum atomic E-state index is 14.2. The van der Waals surface area contributed by atoms with E-state index >= 15 is 0 Å². The average Bonchev–Trinajstić information content (AvgIpc) is 3.89. The Morgan fingerprint density at radius 3 is 2.16 bits per heavy atom. The molecule has 5 heterocycles. The van der Waals surface area contributed by atoms with Crippen LogP contribution in [0.3, 0.4) is 0 Å². The molecule has 8 rings (SSSR count). The minimum Gasteiger partial charge on any atom is -0.477 e. The van der Waals surface area contributed by atoms with Crippen LogP contribution < -0.4 is 10.6 Å². The lowest BCUT2D eigenvalue weighted by Gasteiger charge is -2.49. The topological polar surface area (TPSA) is 142 Å². The monoisotopic (exact) mass is 793 g/mol. The van der Waals surface area contributed by atoms with Crippen molar-refractivity contribution in [3.63, 3.8) is 0 Å². The van der Waals surface area contributed by atoms with Gasteiger partial charge >= 0.3 is 5.97 Å². The maximum absolute atomic E-state index is 14.2. The van der Waals surface area contributed by atoms with Crippen LogP contribution in [-0.4, -0.2) is 99.7 Å². The number of likely N-dealkylation sites (tertiary alicyclic amines) is 1. The van der Waals surface area contributed by atoms with Crippen LogP contribution in [0.4, 0.5) is 5.13 Å². The Morgan fingerprint density at radius 1 is 0.964 bits per heavy atom. The fourth-order valence-corrected chi connectivity index (χ4v) is 10.3. The van der Waals surface area contributed by atoms with E-state index in [1.165, 1.54) is 28.0 Å². The van der Waals surface area contributed by atoms with Crippen LogP contribution in [-0.2, 0) is 29.5 Å². The number of thioether (sulfide) groups is 1. The van der Waals surface area contributed by atoms with E-state index in [1.807, 2.05) is 54.6 Å². The number of quaternary nitrogens is 1. The number of aliphatic carboxylic acids is 1. The molecule has 2 unspecified atom stereocenters. The fourth-order valence-electron chi connectivity index (χ4n) is 8.22. The smallest absolute Gasteiger partial charge is 0.352 e. The summed E-state index contributed by atoms with van der Waals surface area (Å²) < 4.78 is 6.51. The molecule has 290 valence electrons. The van der Waals surface area contributed by atoms with Crippen molar-refractivity contribution in [1.82, 2.24) is 15.2 Å². The number of fused-ring (bicyclic) bond motifs is 1. The molecule has 3 N–H and O–H groups in total. The Kier molecular flexibility index (Phi) is 11.0. The molecular formula is C42H45N6O6S2+. The summed E-state index contributed by atoms with van der Waals surface area (Å²) >= 11 is 2.79. The SMILES string of the molecule is C[N+]1(CC2=C(C(=O)O)N3C(=O)C(NC(=O)C(=NOC4CCCCO4)c4csc(NC(c5ccccc5)(c5ccccc5)c5ccccc5)n4)[C@H]3SC2)CCCC1. The first kappa shape index (κ1) is 37.9. The summed E-state index contributed by atoms with van der Waals surface area (Å²) in [5, 5.41) is 22.9. The van der Waals surface area contributed by atoms with Crippen LogP contribution in [0.2, 0.25) is 0 Å². The molecule has 3 saturated heterocycles. The summed E-state index contributed by atoms with van der Waals surface area (Å²) in [7, 11) is 2.14. The van der Waals surface area contributed by atoms with E-state index in [1.54, 1.807) is 5.38 Å². The zero-order chi connectivity index (χ0) is 38.7. The third-order valence-electron chi connectivity index (χ3n) is 11.0. The van der Waals surface area contributed by atoms with Crippen molar-refractivity contribution in [2.45, 2.75) is 55.3 Å². The van der Waals surface area contributed by atoms with Crippen molar-refractivity contribution in [3.05, 3.63) is 130 Å². The third kappa shape index (κ3) is 7.46. The van der Waals surface area contributed by atoms with E-state index in [0.717, 1.165) is 65.5 Å². The number of amides is 2. The average molecular weight is 794 g/mol. The van der Waals surface area contributed by atoms with Crippen molar-refractivity contribution in [2.24, 2.45) is 5.16 Å². The Morgan fingerprint density at radius 2 is 1.59 bits per heavy atom. The second kappa shape index (κ2) is 16.2. The Bertz CT molecular complexity index is 2020. The van der Waals surface area contributed by atoms with Crippen molar-refractivity contribution >= 4 is 51.7 Å². The molecule has 2 amide bonds. The molecule has 0 saturated carbocycles. The highest BCUT2D eigenvalue weighted by Gasteiger charge is 2.55. The molecule has 14 heteroatoms. The number of rotatable bonds is 13. The molecule has 0 bridgehead atoms. The van der Waals surface area contributed by atoms with E-state index < -0.39 is 41.0 Å². The number of ether oxygens (including phenoxy) is 1. The number of aromatic nitrogens is 1. The number of thiazole rings is 1. The number of carbonyl (C=O) groups is 3. The largest absolute Gasteiger partial charge is 0.477 e. The third-order valence-corrected chi connectivity index (χ3v) is 13.1. The number of carboxylic acid groups (broad SMARTS) is 1. The lowest BCUT2D eigenvalue weighted by Crippen LogP contribution is -2.71. The van der Waals surface area contributed by atoms with E-state index in [9.17, 15) is 19.5 Å². The second-order valence-electron chi connectivity index (χ2n) is 14.9. The highest BCUT2D eigenvalue weighted by atomic mass is 32.2. The van der Waals surface area contributed by atoms with Gasteiger partial charge in [0.2, 0.25) is 6.29 Å². The molecule has 4 aliphatic heterocycles. The van der Waals surface area contributed by atoms with Crippen molar-refractivity contribution in [1.29, 1.82) is 0 Å². The van der Waals surface area contributed by atoms with E-state index in [4.69, 9.17) is 14.6 Å². The van der Waals surface area contributed by atoms with Crippen LogP contribution in [0.1, 0.15) is 54.5 Å². The summed E-state index contributed by atoms with van der Waals surface area (Å²) in [6.45, 7) is 3.07. The van der Waals surface area contributed by atoms with Gasteiger partial charge in [0.25, 0.3) is 11.8 Å². The number of oxime groups is 1. The second-order valence-corrected chi connectivity index (χ2v) is 16.9.